The Morgan fingerprint density at radius 1 is 1.04 bits per heavy atom. The summed E-state index contributed by atoms with van der Waals surface area (Å²) in [5.41, 5.74) is 1.79. The molecule has 27 heavy (non-hydrogen) atoms. The molecule has 0 radical (unpaired) electrons. The minimum Gasteiger partial charge on any atom is -0.338 e. The molecule has 0 spiro atoms. The first-order valence-corrected chi connectivity index (χ1v) is 9.20. The number of benzene rings is 1. The van der Waals surface area contributed by atoms with E-state index in [2.05, 4.69) is 37.0 Å². The Balaban J connectivity index is 1.52. The van der Waals surface area contributed by atoms with E-state index >= 15 is 0 Å². The molecule has 0 bridgehead atoms. The van der Waals surface area contributed by atoms with E-state index in [1.165, 1.54) is 0 Å². The molecule has 4 rings (SSSR count). The van der Waals surface area contributed by atoms with E-state index in [1.807, 2.05) is 30.3 Å². The zero-order valence-electron chi connectivity index (χ0n) is 15.3. The van der Waals surface area contributed by atoms with Crippen LogP contribution in [0.5, 0.6) is 0 Å². The van der Waals surface area contributed by atoms with Gasteiger partial charge < -0.3 is 15.1 Å². The molecule has 1 amide bonds. The third kappa shape index (κ3) is 3.73. The molecule has 138 valence electrons. The molecule has 2 aromatic heterocycles. The molecule has 0 unspecified atom stereocenters. The minimum atomic E-state index is -0.260. The average Bonchev–Trinajstić information content (AvgIpc) is 2.74. The number of hydrogen-bond donors (Lipinski definition) is 1. The van der Waals surface area contributed by atoms with Gasteiger partial charge in [0.15, 0.2) is 0 Å². The summed E-state index contributed by atoms with van der Waals surface area (Å²) in [5, 5.41) is 3.91. The van der Waals surface area contributed by atoms with Gasteiger partial charge in [0.25, 0.3) is 5.91 Å². The zero-order valence-corrected chi connectivity index (χ0v) is 15.3. The Kier molecular flexibility index (Phi) is 4.93. The molecule has 1 aromatic carbocycles. The predicted octanol–water partition coefficient (Wildman–Crippen LogP) is 2.42. The van der Waals surface area contributed by atoms with Gasteiger partial charge in [0.05, 0.1) is 11.2 Å². The molecule has 1 fully saturated rings. The fraction of sp³-hybridized carbons (Fsp3) is 0.300. The number of aromatic nitrogens is 3. The van der Waals surface area contributed by atoms with Gasteiger partial charge in [-0.2, -0.15) is 0 Å². The number of fused-ring (bicyclic) bond motifs is 1. The van der Waals surface area contributed by atoms with Crippen LogP contribution in [0.1, 0.15) is 17.4 Å². The van der Waals surface area contributed by atoms with E-state index in [1.54, 1.807) is 18.5 Å². The van der Waals surface area contributed by atoms with Crippen LogP contribution in [-0.4, -0.2) is 58.5 Å². The number of anilines is 2. The molecular formula is C20H22N6O. The summed E-state index contributed by atoms with van der Waals surface area (Å²) >= 11 is 0. The maximum absolute atomic E-state index is 12.7. The molecule has 0 atom stereocenters. The number of nitrogens with one attached hydrogen (secondary N) is 1. The van der Waals surface area contributed by atoms with Gasteiger partial charge in [0.1, 0.15) is 5.69 Å². The van der Waals surface area contributed by atoms with Crippen molar-refractivity contribution in [2.24, 2.45) is 0 Å². The Morgan fingerprint density at radius 2 is 1.85 bits per heavy atom. The second-order valence-electron chi connectivity index (χ2n) is 6.50. The molecule has 3 aromatic rings. The van der Waals surface area contributed by atoms with Crippen molar-refractivity contribution in [3.05, 3.63) is 54.5 Å². The number of pyridine rings is 1. The summed E-state index contributed by atoms with van der Waals surface area (Å²) in [6.45, 7) is 6.92. The topological polar surface area (TPSA) is 74.2 Å². The highest BCUT2D eigenvalue weighted by Gasteiger charge is 2.19. The van der Waals surface area contributed by atoms with Gasteiger partial charge in [0.2, 0.25) is 5.95 Å². The van der Waals surface area contributed by atoms with Crippen LogP contribution >= 0.6 is 0 Å². The van der Waals surface area contributed by atoms with Crippen molar-refractivity contribution in [2.75, 3.05) is 42.9 Å². The van der Waals surface area contributed by atoms with E-state index in [4.69, 9.17) is 0 Å². The van der Waals surface area contributed by atoms with Gasteiger partial charge in [-0.1, -0.05) is 25.1 Å². The van der Waals surface area contributed by atoms with Gasteiger partial charge >= 0.3 is 0 Å². The number of likely N-dealkylation sites (N-methyl/N-ethyl adjacent to an activating group) is 1. The summed E-state index contributed by atoms with van der Waals surface area (Å²) < 4.78 is 0. The Morgan fingerprint density at radius 3 is 2.67 bits per heavy atom. The van der Waals surface area contributed by atoms with Crippen LogP contribution in [0, 0.1) is 0 Å². The van der Waals surface area contributed by atoms with Crippen molar-refractivity contribution < 1.29 is 4.79 Å². The zero-order chi connectivity index (χ0) is 18.6. The third-order valence-corrected chi connectivity index (χ3v) is 4.86. The lowest BCUT2D eigenvalue weighted by atomic mass is 10.2. The number of rotatable bonds is 4. The number of carbonyl (C=O) groups is 1. The fourth-order valence-electron chi connectivity index (χ4n) is 3.28. The summed E-state index contributed by atoms with van der Waals surface area (Å²) in [7, 11) is 0. The quantitative estimate of drug-likeness (QED) is 0.768. The SMILES string of the molecule is CCN1CCN(c2nccc(C(=O)Nc3cccc4cccnc34)n2)CC1. The molecule has 1 N–H and O–H groups in total. The summed E-state index contributed by atoms with van der Waals surface area (Å²) in [6, 6.07) is 11.2. The van der Waals surface area contributed by atoms with Gasteiger partial charge in [-0.05, 0) is 24.7 Å². The van der Waals surface area contributed by atoms with E-state index in [0.717, 1.165) is 43.6 Å². The lowest BCUT2D eigenvalue weighted by Gasteiger charge is -2.34. The van der Waals surface area contributed by atoms with Gasteiger partial charge in [-0.15, -0.1) is 0 Å². The maximum Gasteiger partial charge on any atom is 0.274 e. The summed E-state index contributed by atoms with van der Waals surface area (Å²) in [6.07, 6.45) is 3.36. The summed E-state index contributed by atoms with van der Waals surface area (Å²) in [4.78, 5) is 30.5. The average molecular weight is 362 g/mol. The smallest absolute Gasteiger partial charge is 0.274 e. The van der Waals surface area contributed by atoms with Gasteiger partial charge in [-0.25, -0.2) is 9.97 Å². The lowest BCUT2D eigenvalue weighted by molar-refractivity contribution is 0.102. The van der Waals surface area contributed by atoms with E-state index < -0.39 is 0 Å². The van der Waals surface area contributed by atoms with Crippen LogP contribution < -0.4 is 10.2 Å². The normalized spacial score (nSPS) is 15.1. The third-order valence-electron chi connectivity index (χ3n) is 4.86. The predicted molar refractivity (Wildman–Crippen MR) is 106 cm³/mol. The van der Waals surface area contributed by atoms with Crippen molar-refractivity contribution in [1.29, 1.82) is 0 Å². The molecule has 0 aliphatic carbocycles. The van der Waals surface area contributed by atoms with Crippen LogP contribution in [0.15, 0.2) is 48.8 Å². The number of amides is 1. The summed E-state index contributed by atoms with van der Waals surface area (Å²) in [5.74, 6) is 0.346. The Labute approximate surface area is 158 Å². The maximum atomic E-state index is 12.7. The molecular weight excluding hydrogens is 340 g/mol. The molecule has 3 heterocycles. The standard InChI is InChI=1S/C20H22N6O/c1-2-25-11-13-26(14-12-25)20-22-10-8-17(24-20)19(27)23-16-7-3-5-15-6-4-9-21-18(15)16/h3-10H,2,11-14H2,1H3,(H,23,27). The number of para-hydroxylation sites is 1. The van der Waals surface area contributed by atoms with Gasteiger partial charge in [-0.3, -0.25) is 9.78 Å². The number of carbonyl (C=O) groups excluding carboxylic acids is 1. The van der Waals surface area contributed by atoms with Crippen molar-refractivity contribution in [3.8, 4) is 0 Å². The highest BCUT2D eigenvalue weighted by atomic mass is 16.1. The molecule has 7 nitrogen and oxygen atoms in total. The van der Waals surface area contributed by atoms with Crippen molar-refractivity contribution in [2.45, 2.75) is 6.92 Å². The van der Waals surface area contributed by atoms with Crippen molar-refractivity contribution in [1.82, 2.24) is 19.9 Å². The van der Waals surface area contributed by atoms with E-state index in [0.29, 0.717) is 17.3 Å². The Hall–Kier alpha value is -3.06. The van der Waals surface area contributed by atoms with Crippen LogP contribution in [0.25, 0.3) is 10.9 Å². The molecule has 1 aliphatic heterocycles. The monoisotopic (exact) mass is 362 g/mol. The van der Waals surface area contributed by atoms with Gasteiger partial charge in [0, 0.05) is 44.0 Å². The molecule has 0 saturated carbocycles. The Bertz CT molecular complexity index is 947. The van der Waals surface area contributed by atoms with Crippen LogP contribution in [-0.2, 0) is 0 Å². The molecule has 7 heteroatoms. The van der Waals surface area contributed by atoms with E-state index in [-0.39, 0.29) is 5.91 Å². The largest absolute Gasteiger partial charge is 0.338 e. The highest BCUT2D eigenvalue weighted by Crippen LogP contribution is 2.21. The number of hydrogen-bond acceptors (Lipinski definition) is 6. The lowest BCUT2D eigenvalue weighted by Crippen LogP contribution is -2.46. The van der Waals surface area contributed by atoms with Crippen LogP contribution in [0.2, 0.25) is 0 Å². The van der Waals surface area contributed by atoms with Crippen LogP contribution in [0.3, 0.4) is 0 Å². The number of nitrogens with zero attached hydrogens (tertiary/aromatic N) is 5. The first-order chi connectivity index (χ1) is 13.2. The molecule has 1 saturated heterocycles. The first-order valence-electron chi connectivity index (χ1n) is 9.20. The van der Waals surface area contributed by atoms with E-state index in [9.17, 15) is 4.79 Å². The second-order valence-corrected chi connectivity index (χ2v) is 6.50. The molecule has 1 aliphatic rings. The number of piperazine rings is 1. The minimum absolute atomic E-state index is 0.260. The first kappa shape index (κ1) is 17.4. The highest BCUT2D eigenvalue weighted by molar-refractivity contribution is 6.07. The van der Waals surface area contributed by atoms with Crippen molar-refractivity contribution >= 4 is 28.4 Å². The second kappa shape index (κ2) is 7.67. The fourth-order valence-corrected chi connectivity index (χ4v) is 3.28. The van der Waals surface area contributed by atoms with Crippen molar-refractivity contribution in [3.63, 3.8) is 0 Å². The van der Waals surface area contributed by atoms with Crippen LogP contribution in [0.4, 0.5) is 11.6 Å².